The van der Waals surface area contributed by atoms with E-state index in [1.165, 1.54) is 0 Å². The van der Waals surface area contributed by atoms with Crippen LogP contribution in [0.3, 0.4) is 0 Å². The van der Waals surface area contributed by atoms with Gasteiger partial charge in [0.05, 0.1) is 0 Å². The quantitative estimate of drug-likeness (QED) is 0.486. The first-order valence-corrected chi connectivity index (χ1v) is 17.1. The fourth-order valence-corrected chi connectivity index (χ4v) is 11.0. The van der Waals surface area contributed by atoms with E-state index in [2.05, 4.69) is 0 Å². The molecule has 0 aliphatic heterocycles. The maximum Gasteiger partial charge on any atom is 0.320 e. The number of hydrogen-bond acceptors (Lipinski definition) is 6. The number of rotatable bonds is 4. The molecule has 0 aliphatic carbocycles. The molecule has 25 heavy (non-hydrogen) atoms. The molecular weight excluding hydrogens is 392 g/mol. The van der Waals surface area contributed by atoms with Crippen molar-refractivity contribution in [1.29, 1.82) is 0 Å². The van der Waals surface area contributed by atoms with Gasteiger partial charge in [0.15, 0.2) is 0 Å². The summed E-state index contributed by atoms with van der Waals surface area (Å²) in [5.41, 5.74) is 0. The Hall–Kier alpha value is 0.588. The van der Waals surface area contributed by atoms with E-state index in [1.807, 2.05) is 0 Å². The Morgan fingerprint density at radius 2 is 0.480 bits per heavy atom. The summed E-state index contributed by atoms with van der Waals surface area (Å²) in [7, 11) is -9.92. The van der Waals surface area contributed by atoms with Crippen molar-refractivity contribution in [1.82, 2.24) is 0 Å². The molecule has 0 saturated heterocycles. The molecule has 0 amide bonds. The van der Waals surface area contributed by atoms with Gasteiger partial charge in [-0.25, -0.2) is 0 Å². The van der Waals surface area contributed by atoms with Gasteiger partial charge in [-0.05, 0) is 52.4 Å². The lowest BCUT2D eigenvalue weighted by Gasteiger charge is -2.23. The van der Waals surface area contributed by atoms with E-state index in [0.717, 1.165) is 0 Å². The summed E-state index contributed by atoms with van der Waals surface area (Å²) < 4.78 is 10.0. The van der Waals surface area contributed by atoms with Crippen molar-refractivity contribution in [2.75, 3.05) is 0 Å². The van der Waals surface area contributed by atoms with E-state index in [1.54, 1.807) is 52.4 Å². The molecule has 0 aromatic rings. The molecule has 0 atom stereocenters. The largest absolute Gasteiger partial charge is 0.415 e. The van der Waals surface area contributed by atoms with Crippen LogP contribution in [0.2, 0.25) is 52.4 Å². The van der Waals surface area contributed by atoms with Crippen LogP contribution in [0.1, 0.15) is 44.6 Å². The molecular formula is C14H54O7Si4. The monoisotopic (exact) mass is 446 g/mol. The van der Waals surface area contributed by atoms with Crippen LogP contribution in [-0.2, 0) is 8.23 Å². The summed E-state index contributed by atoms with van der Waals surface area (Å²) in [6, 6.07) is 0. The molecule has 6 N–H and O–H groups in total. The van der Waals surface area contributed by atoms with Crippen LogP contribution in [0.25, 0.3) is 0 Å². The predicted molar refractivity (Wildman–Crippen MR) is 125 cm³/mol. The Labute approximate surface area is 164 Å². The third-order valence-corrected chi connectivity index (χ3v) is 8.99. The molecule has 7 nitrogen and oxygen atoms in total. The smallest absolute Gasteiger partial charge is 0.320 e. The van der Waals surface area contributed by atoms with Crippen molar-refractivity contribution in [2.24, 2.45) is 0 Å². The zero-order chi connectivity index (χ0) is 15.4. The van der Waals surface area contributed by atoms with Crippen molar-refractivity contribution in [2.45, 2.75) is 96.9 Å². The fourth-order valence-electron chi connectivity index (χ4n) is 1.22. The first kappa shape index (κ1) is 56.2. The van der Waals surface area contributed by atoms with Crippen LogP contribution in [-0.4, -0.2) is 58.9 Å². The van der Waals surface area contributed by atoms with E-state index < -0.39 is 34.2 Å². The van der Waals surface area contributed by atoms with Crippen LogP contribution in [0.15, 0.2) is 0 Å². The summed E-state index contributed by atoms with van der Waals surface area (Å²) in [6.07, 6.45) is 0. The third-order valence-electron chi connectivity index (χ3n) is 0.999. The standard InChI is InChI=1S/2C4H14O3Si2.6CH4.H2O/c2*1-8(2,5)7-9(3,4)6;;;;;;;/h2*5-6H,1-4H3;6*1H4;1H2. The molecule has 168 valence electrons. The minimum absolute atomic E-state index is 0. The van der Waals surface area contributed by atoms with Crippen LogP contribution >= 0.6 is 0 Å². The van der Waals surface area contributed by atoms with Crippen LogP contribution in [0.5, 0.6) is 0 Å². The first-order valence-electron chi connectivity index (χ1n) is 5.71. The maximum absolute atomic E-state index is 9.14. The van der Waals surface area contributed by atoms with Gasteiger partial charge < -0.3 is 32.9 Å². The van der Waals surface area contributed by atoms with E-state index in [9.17, 15) is 0 Å². The summed E-state index contributed by atoms with van der Waals surface area (Å²) >= 11 is 0. The molecule has 0 saturated carbocycles. The van der Waals surface area contributed by atoms with Crippen LogP contribution in [0.4, 0.5) is 0 Å². The van der Waals surface area contributed by atoms with Gasteiger partial charge in [0, 0.05) is 0 Å². The third kappa shape index (κ3) is 79.2. The van der Waals surface area contributed by atoms with Crippen LogP contribution < -0.4 is 0 Å². The van der Waals surface area contributed by atoms with Crippen molar-refractivity contribution in [3.05, 3.63) is 0 Å². The molecule has 0 spiro atoms. The van der Waals surface area contributed by atoms with Crippen molar-refractivity contribution in [3.63, 3.8) is 0 Å². The summed E-state index contributed by atoms with van der Waals surface area (Å²) in [5, 5.41) is 0. The lowest BCUT2D eigenvalue weighted by atomic mass is 11.9. The highest BCUT2D eigenvalue weighted by Gasteiger charge is 2.30. The van der Waals surface area contributed by atoms with Gasteiger partial charge in [-0.1, -0.05) is 44.6 Å². The normalized spacial score (nSPS) is 10.1. The zero-order valence-corrected chi connectivity index (χ0v) is 17.1. The van der Waals surface area contributed by atoms with Gasteiger partial charge in [-0.3, -0.25) is 0 Å². The molecule has 0 unspecified atom stereocenters. The Balaban J connectivity index is -0.0000000229. The fraction of sp³-hybridized carbons (Fsp3) is 1.00. The average molecular weight is 447 g/mol. The predicted octanol–water partition coefficient (Wildman–Crippen LogP) is 3.77. The maximum atomic E-state index is 9.14. The Morgan fingerprint density at radius 3 is 0.480 bits per heavy atom. The summed E-state index contributed by atoms with van der Waals surface area (Å²) in [4.78, 5) is 36.6. The second kappa shape index (κ2) is 19.4. The SMILES string of the molecule is C.C.C.C.C.C.C[Si](C)(O)O[Si](C)(C)O.C[Si](C)(O)O[Si](C)(C)O.O. The second-order valence-electron chi connectivity index (χ2n) is 5.99. The van der Waals surface area contributed by atoms with Gasteiger partial charge in [0.25, 0.3) is 0 Å². The van der Waals surface area contributed by atoms with E-state index >= 15 is 0 Å². The minimum Gasteiger partial charge on any atom is -0.415 e. The molecule has 11 heteroatoms. The molecule has 0 heterocycles. The van der Waals surface area contributed by atoms with Gasteiger partial charge in [0.1, 0.15) is 0 Å². The average Bonchev–Trinajstić information content (AvgIpc) is 1.64. The molecule has 0 aliphatic rings. The van der Waals surface area contributed by atoms with Gasteiger partial charge in [-0.2, -0.15) is 0 Å². The van der Waals surface area contributed by atoms with Gasteiger partial charge >= 0.3 is 34.2 Å². The van der Waals surface area contributed by atoms with Crippen molar-refractivity contribution >= 4 is 34.2 Å². The highest BCUT2D eigenvalue weighted by molar-refractivity contribution is 6.77. The van der Waals surface area contributed by atoms with Gasteiger partial charge in [0.2, 0.25) is 0 Å². The summed E-state index contributed by atoms with van der Waals surface area (Å²) in [5.74, 6) is 0. The van der Waals surface area contributed by atoms with Crippen molar-refractivity contribution < 1.29 is 32.9 Å². The van der Waals surface area contributed by atoms with E-state index in [-0.39, 0.29) is 50.0 Å². The van der Waals surface area contributed by atoms with Crippen molar-refractivity contribution in [3.8, 4) is 0 Å². The van der Waals surface area contributed by atoms with Gasteiger partial charge in [-0.15, -0.1) is 0 Å². The second-order valence-corrected chi connectivity index (χ2v) is 19.2. The molecule has 0 aromatic heterocycles. The molecule has 0 bridgehead atoms. The molecule has 0 rings (SSSR count). The highest BCUT2D eigenvalue weighted by atomic mass is 28.5. The molecule has 0 radical (unpaired) electrons. The Morgan fingerprint density at radius 1 is 0.400 bits per heavy atom. The Bertz CT molecular complexity index is 192. The summed E-state index contributed by atoms with van der Waals surface area (Å²) in [6.45, 7) is 13.1. The topological polar surface area (TPSA) is 131 Å². The van der Waals surface area contributed by atoms with E-state index in [4.69, 9.17) is 27.4 Å². The minimum atomic E-state index is -2.48. The lowest BCUT2D eigenvalue weighted by molar-refractivity contribution is 0.319. The molecule has 0 fully saturated rings. The van der Waals surface area contributed by atoms with E-state index in [0.29, 0.717) is 0 Å². The van der Waals surface area contributed by atoms with Crippen LogP contribution in [0, 0.1) is 0 Å². The highest BCUT2D eigenvalue weighted by Crippen LogP contribution is 2.08. The number of hydrogen-bond donors (Lipinski definition) is 4. The zero-order valence-electron chi connectivity index (χ0n) is 13.1. The lowest BCUT2D eigenvalue weighted by Crippen LogP contribution is -2.44. The molecule has 0 aromatic carbocycles. The Kier molecular flexibility index (Phi) is 43.5. The first-order chi connectivity index (χ1) is 7.41.